The average Bonchev–Trinajstić information content (AvgIpc) is 2.61. The van der Waals surface area contributed by atoms with E-state index in [1.807, 2.05) is 0 Å². The summed E-state index contributed by atoms with van der Waals surface area (Å²) in [5.74, 6) is -1.42. The second-order valence-corrected chi connectivity index (χ2v) is 4.08. The van der Waals surface area contributed by atoms with Gasteiger partial charge in [0.1, 0.15) is 11.9 Å². The van der Waals surface area contributed by atoms with Gasteiger partial charge in [0, 0.05) is 5.56 Å². The van der Waals surface area contributed by atoms with Gasteiger partial charge in [-0.1, -0.05) is 18.2 Å². The first-order valence-electron chi connectivity index (χ1n) is 5.47. The molecule has 0 spiro atoms. The van der Waals surface area contributed by atoms with Gasteiger partial charge >= 0.3 is 12.1 Å². The predicted octanol–water partition coefficient (Wildman–Crippen LogP) is 1.62. The van der Waals surface area contributed by atoms with E-state index in [-0.39, 0.29) is 19.5 Å². The van der Waals surface area contributed by atoms with Crippen LogP contribution in [0.3, 0.4) is 0 Å². The van der Waals surface area contributed by atoms with Crippen molar-refractivity contribution in [3.63, 3.8) is 0 Å². The highest BCUT2D eigenvalue weighted by atomic mass is 19.1. The first-order chi connectivity index (χ1) is 8.56. The summed E-state index contributed by atoms with van der Waals surface area (Å²) in [6.07, 6.45) is -1.51. The first kappa shape index (κ1) is 12.3. The van der Waals surface area contributed by atoms with E-state index >= 15 is 0 Å². The minimum absolute atomic E-state index is 0.0849. The summed E-state index contributed by atoms with van der Waals surface area (Å²) in [6.45, 7) is 0.251. The van der Waals surface area contributed by atoms with Crippen LogP contribution in [0, 0.1) is 5.82 Å². The van der Waals surface area contributed by atoms with Gasteiger partial charge in [0.05, 0.1) is 19.5 Å². The zero-order chi connectivity index (χ0) is 13.1. The molecule has 0 aromatic heterocycles. The lowest BCUT2D eigenvalue weighted by Gasteiger charge is -2.13. The number of nitrogens with zero attached hydrogens (tertiary/aromatic N) is 1. The molecule has 1 atom stereocenters. The lowest BCUT2D eigenvalue weighted by atomic mass is 10.2. The van der Waals surface area contributed by atoms with Crippen LogP contribution in [0.1, 0.15) is 12.0 Å². The van der Waals surface area contributed by atoms with Crippen LogP contribution in [-0.2, 0) is 16.1 Å². The summed E-state index contributed by atoms with van der Waals surface area (Å²) in [4.78, 5) is 23.3. The summed E-state index contributed by atoms with van der Waals surface area (Å²) in [6, 6.07) is 6.13. The third-order valence-electron chi connectivity index (χ3n) is 2.67. The maximum absolute atomic E-state index is 13.4. The SMILES string of the molecule is O=C(O)CC1CN(Cc2ccccc2F)C(=O)O1. The van der Waals surface area contributed by atoms with E-state index < -0.39 is 24.0 Å². The van der Waals surface area contributed by atoms with E-state index in [9.17, 15) is 14.0 Å². The van der Waals surface area contributed by atoms with Crippen molar-refractivity contribution in [2.24, 2.45) is 0 Å². The Bertz CT molecular complexity index is 477. The molecular weight excluding hydrogens is 241 g/mol. The zero-order valence-electron chi connectivity index (χ0n) is 9.51. The van der Waals surface area contributed by atoms with Gasteiger partial charge in [0.2, 0.25) is 0 Å². The number of rotatable bonds is 4. The maximum atomic E-state index is 13.4. The van der Waals surface area contributed by atoms with Gasteiger partial charge in [0.25, 0.3) is 0 Å². The van der Waals surface area contributed by atoms with Crippen LogP contribution < -0.4 is 0 Å². The Balaban J connectivity index is 2.01. The molecule has 1 amide bonds. The molecule has 0 radical (unpaired) electrons. The highest BCUT2D eigenvalue weighted by molar-refractivity contribution is 5.72. The molecule has 0 aliphatic carbocycles. The van der Waals surface area contributed by atoms with E-state index in [4.69, 9.17) is 9.84 Å². The normalized spacial score (nSPS) is 18.8. The van der Waals surface area contributed by atoms with Gasteiger partial charge < -0.3 is 14.7 Å². The minimum Gasteiger partial charge on any atom is -0.481 e. The summed E-state index contributed by atoms with van der Waals surface area (Å²) >= 11 is 0. The second-order valence-electron chi connectivity index (χ2n) is 4.08. The zero-order valence-corrected chi connectivity index (χ0v) is 9.51. The number of carboxylic acid groups (broad SMARTS) is 1. The van der Waals surface area contributed by atoms with Crippen LogP contribution in [0.2, 0.25) is 0 Å². The number of benzene rings is 1. The van der Waals surface area contributed by atoms with Gasteiger partial charge in [-0.05, 0) is 6.07 Å². The summed E-state index contributed by atoms with van der Waals surface area (Å²) in [5.41, 5.74) is 0.380. The molecule has 1 heterocycles. The van der Waals surface area contributed by atoms with E-state index in [1.165, 1.54) is 11.0 Å². The Kier molecular flexibility index (Phi) is 3.45. The average molecular weight is 253 g/mol. The number of halogens is 1. The van der Waals surface area contributed by atoms with Crippen molar-refractivity contribution in [2.75, 3.05) is 6.54 Å². The van der Waals surface area contributed by atoms with E-state index in [0.29, 0.717) is 5.56 Å². The van der Waals surface area contributed by atoms with Crippen molar-refractivity contribution in [3.8, 4) is 0 Å². The molecule has 2 rings (SSSR count). The molecule has 1 aromatic rings. The standard InChI is InChI=1S/C12H12FNO4/c13-10-4-2-1-3-8(10)6-14-7-9(5-11(15)16)18-12(14)17/h1-4,9H,5-7H2,(H,15,16). The fraction of sp³-hybridized carbons (Fsp3) is 0.333. The Labute approximate surface area is 103 Å². The largest absolute Gasteiger partial charge is 0.481 e. The van der Waals surface area contributed by atoms with E-state index in [1.54, 1.807) is 18.2 Å². The second kappa shape index (κ2) is 5.03. The molecule has 18 heavy (non-hydrogen) atoms. The van der Waals surface area contributed by atoms with Crippen molar-refractivity contribution in [2.45, 2.75) is 19.1 Å². The minimum atomic E-state index is -1.03. The number of carbonyl (C=O) groups is 2. The van der Waals surface area contributed by atoms with Crippen LogP contribution in [0.5, 0.6) is 0 Å². The lowest BCUT2D eigenvalue weighted by molar-refractivity contribution is -0.138. The molecule has 6 heteroatoms. The maximum Gasteiger partial charge on any atom is 0.410 e. The molecule has 0 bridgehead atoms. The van der Waals surface area contributed by atoms with Crippen molar-refractivity contribution in [1.29, 1.82) is 0 Å². The Hall–Kier alpha value is -2.11. The van der Waals surface area contributed by atoms with Gasteiger partial charge in [0.15, 0.2) is 0 Å². The van der Waals surface area contributed by atoms with Crippen molar-refractivity contribution in [3.05, 3.63) is 35.6 Å². The fourth-order valence-electron chi connectivity index (χ4n) is 1.84. The third-order valence-corrected chi connectivity index (χ3v) is 2.67. The smallest absolute Gasteiger partial charge is 0.410 e. The number of aliphatic carboxylic acids is 1. The van der Waals surface area contributed by atoms with Crippen LogP contribution >= 0.6 is 0 Å². The number of hydrogen-bond acceptors (Lipinski definition) is 3. The molecule has 0 saturated carbocycles. The van der Waals surface area contributed by atoms with Crippen LogP contribution in [0.25, 0.3) is 0 Å². The number of ether oxygens (including phenoxy) is 1. The number of carbonyl (C=O) groups excluding carboxylic acids is 1. The molecule has 1 aliphatic rings. The van der Waals surface area contributed by atoms with Gasteiger partial charge in [-0.3, -0.25) is 4.79 Å². The predicted molar refractivity (Wildman–Crippen MR) is 59.3 cm³/mol. The first-order valence-corrected chi connectivity index (χ1v) is 5.47. The van der Waals surface area contributed by atoms with Gasteiger partial charge in [-0.15, -0.1) is 0 Å². The molecule has 1 unspecified atom stereocenters. The molecule has 96 valence electrons. The van der Waals surface area contributed by atoms with Crippen molar-refractivity contribution in [1.82, 2.24) is 4.90 Å². The summed E-state index contributed by atoms with van der Waals surface area (Å²) < 4.78 is 18.3. The van der Waals surface area contributed by atoms with Crippen molar-refractivity contribution >= 4 is 12.1 Å². The van der Waals surface area contributed by atoms with Crippen LogP contribution in [-0.4, -0.2) is 34.7 Å². The Morgan fingerprint density at radius 3 is 2.89 bits per heavy atom. The number of amides is 1. The monoisotopic (exact) mass is 253 g/mol. The van der Waals surface area contributed by atoms with E-state index in [2.05, 4.69) is 0 Å². The molecule has 1 aliphatic heterocycles. The fourth-order valence-corrected chi connectivity index (χ4v) is 1.84. The number of cyclic esters (lactones) is 1. The van der Waals surface area contributed by atoms with Crippen LogP contribution in [0.4, 0.5) is 9.18 Å². The molecule has 1 aromatic carbocycles. The highest BCUT2D eigenvalue weighted by Crippen LogP contribution is 2.18. The topological polar surface area (TPSA) is 66.8 Å². The van der Waals surface area contributed by atoms with Crippen LogP contribution in [0.15, 0.2) is 24.3 Å². The molecule has 5 nitrogen and oxygen atoms in total. The molecular formula is C12H12FNO4. The quantitative estimate of drug-likeness (QED) is 0.885. The van der Waals surface area contributed by atoms with Gasteiger partial charge in [-0.25, -0.2) is 9.18 Å². The molecule has 1 N–H and O–H groups in total. The summed E-state index contributed by atoms with van der Waals surface area (Å²) in [7, 11) is 0. The number of carboxylic acids is 1. The Morgan fingerprint density at radius 2 is 2.22 bits per heavy atom. The van der Waals surface area contributed by atoms with Crippen molar-refractivity contribution < 1.29 is 23.8 Å². The number of hydrogen-bond donors (Lipinski definition) is 1. The molecule has 1 saturated heterocycles. The highest BCUT2D eigenvalue weighted by Gasteiger charge is 2.32. The Morgan fingerprint density at radius 1 is 1.50 bits per heavy atom. The third kappa shape index (κ3) is 2.77. The van der Waals surface area contributed by atoms with Gasteiger partial charge in [-0.2, -0.15) is 0 Å². The summed E-state index contributed by atoms with van der Waals surface area (Å²) in [5, 5.41) is 8.61. The molecule has 1 fully saturated rings. The van der Waals surface area contributed by atoms with E-state index in [0.717, 1.165) is 0 Å². The lowest BCUT2D eigenvalue weighted by Crippen LogP contribution is -2.25.